The first-order valence-corrected chi connectivity index (χ1v) is 7.76. The van der Waals surface area contributed by atoms with Crippen LogP contribution in [0.4, 0.5) is 0 Å². The zero-order chi connectivity index (χ0) is 16.2. The van der Waals surface area contributed by atoms with Crippen molar-refractivity contribution in [2.45, 2.75) is 33.1 Å². The number of carbonyl (C=O) groups excluding carboxylic acids is 1. The number of fused-ring (bicyclic) bond motifs is 1. The van der Waals surface area contributed by atoms with E-state index in [0.29, 0.717) is 30.4 Å². The molecule has 0 unspecified atom stereocenters. The highest BCUT2D eigenvalue weighted by molar-refractivity contribution is 5.82. The molecule has 7 nitrogen and oxygen atoms in total. The lowest BCUT2D eigenvalue weighted by Crippen LogP contribution is -2.13. The number of aromatic nitrogens is 3. The van der Waals surface area contributed by atoms with E-state index in [2.05, 4.69) is 10.1 Å². The van der Waals surface area contributed by atoms with Gasteiger partial charge in [0.25, 0.3) is 0 Å². The maximum Gasteiger partial charge on any atom is 0.336 e. The highest BCUT2D eigenvalue weighted by Gasteiger charge is 2.21. The summed E-state index contributed by atoms with van der Waals surface area (Å²) < 4.78 is 17.4. The van der Waals surface area contributed by atoms with Gasteiger partial charge in [-0.25, -0.2) is 0 Å². The molecule has 1 aromatic carbocycles. The molecule has 0 atom stereocenters. The summed E-state index contributed by atoms with van der Waals surface area (Å²) in [7, 11) is 0. The number of hydrogen-bond donors (Lipinski definition) is 0. The minimum atomic E-state index is -0.0991. The van der Waals surface area contributed by atoms with Crippen molar-refractivity contribution in [1.82, 2.24) is 14.8 Å². The van der Waals surface area contributed by atoms with E-state index in [-0.39, 0.29) is 18.7 Å². The number of carbonyl (C=O) groups is 1. The van der Waals surface area contributed by atoms with Crippen molar-refractivity contribution in [3.63, 3.8) is 0 Å². The highest BCUT2D eigenvalue weighted by Crippen LogP contribution is 2.35. The van der Waals surface area contributed by atoms with Crippen LogP contribution in [0.2, 0.25) is 0 Å². The first-order valence-electron chi connectivity index (χ1n) is 7.76. The fourth-order valence-electron chi connectivity index (χ4n) is 2.31. The van der Waals surface area contributed by atoms with Crippen LogP contribution in [0.15, 0.2) is 18.2 Å². The monoisotopic (exact) mass is 317 g/mol. The van der Waals surface area contributed by atoms with Gasteiger partial charge in [-0.1, -0.05) is 13.3 Å². The molecule has 0 amide bonds. The Labute approximate surface area is 134 Å². The van der Waals surface area contributed by atoms with Crippen molar-refractivity contribution in [2.24, 2.45) is 0 Å². The van der Waals surface area contributed by atoms with Crippen molar-refractivity contribution < 1.29 is 19.0 Å². The Bertz CT molecular complexity index is 711. The molecule has 1 aliphatic rings. The van der Waals surface area contributed by atoms with Crippen LogP contribution >= 0.6 is 0 Å². The number of nitrogens with zero attached hydrogens (tertiary/aromatic N) is 3. The molecule has 2 heterocycles. The molecule has 0 fully saturated rings. The van der Waals surface area contributed by atoms with Crippen molar-refractivity contribution in [3.8, 4) is 28.9 Å². The molecule has 0 aliphatic carbocycles. The third-order valence-corrected chi connectivity index (χ3v) is 3.47. The zero-order valence-electron chi connectivity index (χ0n) is 13.2. The molecule has 23 heavy (non-hydrogen) atoms. The second-order valence-electron chi connectivity index (χ2n) is 5.13. The van der Waals surface area contributed by atoms with Gasteiger partial charge in [0.05, 0.1) is 6.61 Å². The number of benzene rings is 1. The summed E-state index contributed by atoms with van der Waals surface area (Å²) >= 11 is 0. The molecule has 0 N–H and O–H groups in total. The maximum atomic E-state index is 12.4. The van der Waals surface area contributed by atoms with Crippen LogP contribution in [-0.2, 0) is 0 Å². The van der Waals surface area contributed by atoms with Crippen LogP contribution in [0.3, 0.4) is 0 Å². The predicted octanol–water partition coefficient (Wildman–Crippen LogP) is 2.90. The fourth-order valence-corrected chi connectivity index (χ4v) is 2.31. The maximum absolute atomic E-state index is 12.4. The van der Waals surface area contributed by atoms with Crippen LogP contribution in [0.1, 0.15) is 37.9 Å². The van der Waals surface area contributed by atoms with E-state index in [9.17, 15) is 4.79 Å². The summed E-state index contributed by atoms with van der Waals surface area (Å²) in [6, 6.07) is 5.63. The zero-order valence-corrected chi connectivity index (χ0v) is 13.2. The van der Waals surface area contributed by atoms with Gasteiger partial charge >= 0.3 is 6.01 Å². The van der Waals surface area contributed by atoms with E-state index >= 15 is 0 Å². The van der Waals surface area contributed by atoms with Gasteiger partial charge in [0.15, 0.2) is 17.3 Å². The van der Waals surface area contributed by atoms with Crippen LogP contribution < -0.4 is 14.2 Å². The van der Waals surface area contributed by atoms with E-state index in [1.54, 1.807) is 12.1 Å². The Hall–Kier alpha value is -2.57. The fraction of sp³-hybridized carbons (Fsp3) is 0.438. The van der Waals surface area contributed by atoms with Gasteiger partial charge in [0.1, 0.15) is 0 Å². The molecule has 0 bridgehead atoms. The van der Waals surface area contributed by atoms with Crippen molar-refractivity contribution >= 4 is 5.91 Å². The molecule has 0 spiro atoms. The molecule has 3 rings (SSSR count). The molecule has 1 aliphatic heterocycles. The van der Waals surface area contributed by atoms with E-state index in [1.807, 2.05) is 19.9 Å². The van der Waals surface area contributed by atoms with Gasteiger partial charge in [-0.05, 0) is 31.5 Å². The van der Waals surface area contributed by atoms with Gasteiger partial charge in [-0.15, -0.1) is 5.10 Å². The normalized spacial score (nSPS) is 12.4. The van der Waals surface area contributed by atoms with Gasteiger partial charge in [0, 0.05) is 12.0 Å². The number of rotatable bonds is 6. The van der Waals surface area contributed by atoms with Gasteiger partial charge in [0.2, 0.25) is 12.7 Å². The van der Waals surface area contributed by atoms with Crippen molar-refractivity contribution in [1.29, 1.82) is 0 Å². The van der Waals surface area contributed by atoms with E-state index in [1.165, 1.54) is 4.68 Å². The molecule has 7 heteroatoms. The molecule has 0 saturated carbocycles. The second-order valence-corrected chi connectivity index (χ2v) is 5.13. The van der Waals surface area contributed by atoms with Gasteiger partial charge in [-0.3, -0.25) is 4.79 Å². The molecule has 0 radical (unpaired) electrons. The van der Waals surface area contributed by atoms with E-state index < -0.39 is 0 Å². The largest absolute Gasteiger partial charge is 0.463 e. The van der Waals surface area contributed by atoms with Crippen molar-refractivity contribution in [3.05, 3.63) is 18.2 Å². The summed E-state index contributed by atoms with van der Waals surface area (Å²) in [5, 5.41) is 4.18. The lowest BCUT2D eigenvalue weighted by molar-refractivity contribution is 0.0883. The first-order chi connectivity index (χ1) is 11.2. The average Bonchev–Trinajstić information content (AvgIpc) is 3.18. The molecule has 0 saturated heterocycles. The average molecular weight is 317 g/mol. The molecule has 122 valence electrons. The lowest BCUT2D eigenvalue weighted by Gasteiger charge is -2.05. The minimum Gasteiger partial charge on any atom is -0.463 e. The number of ether oxygens (including phenoxy) is 3. The summed E-state index contributed by atoms with van der Waals surface area (Å²) in [6.07, 6.45) is 2.17. The topological polar surface area (TPSA) is 75.5 Å². The van der Waals surface area contributed by atoms with Crippen LogP contribution in [0, 0.1) is 0 Å². The van der Waals surface area contributed by atoms with E-state index in [0.717, 1.165) is 18.4 Å². The minimum absolute atomic E-state index is 0.0991. The Morgan fingerprint density at radius 3 is 2.91 bits per heavy atom. The number of hydrogen-bond acceptors (Lipinski definition) is 6. The van der Waals surface area contributed by atoms with Crippen molar-refractivity contribution in [2.75, 3.05) is 13.4 Å². The Balaban J connectivity index is 1.97. The third-order valence-electron chi connectivity index (χ3n) is 3.47. The summed E-state index contributed by atoms with van der Waals surface area (Å²) in [5.41, 5.74) is 0.734. The lowest BCUT2D eigenvalue weighted by atomic mass is 10.2. The Morgan fingerprint density at radius 2 is 2.13 bits per heavy atom. The second kappa shape index (κ2) is 6.68. The van der Waals surface area contributed by atoms with Crippen LogP contribution in [0.25, 0.3) is 11.4 Å². The Kier molecular flexibility index (Phi) is 4.45. The summed E-state index contributed by atoms with van der Waals surface area (Å²) in [4.78, 5) is 16.7. The summed E-state index contributed by atoms with van der Waals surface area (Å²) in [5.74, 6) is 1.67. The van der Waals surface area contributed by atoms with Gasteiger partial charge in [-0.2, -0.15) is 9.67 Å². The standard InChI is InChI=1S/C16H19N3O4/c1-3-5-6-14(20)19-15(17-16(18-19)21-4-2)11-7-8-12-13(9-11)23-10-22-12/h7-9H,3-6,10H2,1-2H3. The van der Waals surface area contributed by atoms with Crippen LogP contribution in [0.5, 0.6) is 17.5 Å². The predicted molar refractivity (Wildman–Crippen MR) is 82.9 cm³/mol. The molecular formula is C16H19N3O4. The quantitative estimate of drug-likeness (QED) is 0.815. The summed E-state index contributed by atoms with van der Waals surface area (Å²) in [6.45, 7) is 4.53. The van der Waals surface area contributed by atoms with E-state index in [4.69, 9.17) is 14.2 Å². The van der Waals surface area contributed by atoms with Gasteiger partial charge < -0.3 is 14.2 Å². The van der Waals surface area contributed by atoms with Crippen LogP contribution in [-0.4, -0.2) is 34.1 Å². The molecular weight excluding hydrogens is 298 g/mol. The first kappa shape index (κ1) is 15.3. The smallest absolute Gasteiger partial charge is 0.336 e. The SMILES string of the molecule is CCCCC(=O)n1nc(OCC)nc1-c1ccc2c(c1)OCO2. The molecule has 2 aromatic rings. The number of unbranched alkanes of at least 4 members (excludes halogenated alkanes) is 1. The Morgan fingerprint density at radius 1 is 1.30 bits per heavy atom. The highest BCUT2D eigenvalue weighted by atomic mass is 16.7. The molecule has 1 aromatic heterocycles. The third kappa shape index (κ3) is 3.13.